The lowest BCUT2D eigenvalue weighted by Crippen LogP contribution is -2.28. The van der Waals surface area contributed by atoms with Gasteiger partial charge in [0.1, 0.15) is 13.2 Å². The van der Waals surface area contributed by atoms with E-state index in [4.69, 9.17) is 9.47 Å². The summed E-state index contributed by atoms with van der Waals surface area (Å²) < 4.78 is 9.85. The third-order valence-electron chi connectivity index (χ3n) is 1.90. The Labute approximate surface area is 102 Å². The first kappa shape index (κ1) is 15.4. The molecule has 0 spiro atoms. The van der Waals surface area contributed by atoms with E-state index >= 15 is 0 Å². The molecule has 96 valence electrons. The quantitative estimate of drug-likeness (QED) is 0.389. The molecule has 0 heterocycles. The fraction of sp³-hybridized carbons (Fsp3) is 0.538. The van der Waals surface area contributed by atoms with E-state index in [2.05, 4.69) is 13.2 Å². The molecule has 0 aliphatic carbocycles. The maximum atomic E-state index is 11.6. The second kappa shape index (κ2) is 7.65. The first-order valence-corrected chi connectivity index (χ1v) is 5.50. The van der Waals surface area contributed by atoms with Crippen LogP contribution in [0.1, 0.15) is 27.2 Å². The Morgan fingerprint density at radius 1 is 1.00 bits per heavy atom. The summed E-state index contributed by atoms with van der Waals surface area (Å²) in [6.45, 7) is 12.7. The van der Waals surface area contributed by atoms with Gasteiger partial charge in [-0.3, -0.25) is 9.59 Å². The van der Waals surface area contributed by atoms with Gasteiger partial charge in [-0.1, -0.05) is 20.1 Å². The monoisotopic (exact) mass is 240 g/mol. The molecule has 17 heavy (non-hydrogen) atoms. The van der Waals surface area contributed by atoms with Crippen molar-refractivity contribution in [2.24, 2.45) is 5.92 Å². The molecule has 4 nitrogen and oxygen atoms in total. The standard InChI is InChI=1S/C13H20O4/c1-6-11(12(14)16-7-9(2)3)13(15)17-8-10(4)5/h11H,2,4,6-8H2,1,3,5H3. The van der Waals surface area contributed by atoms with Crippen molar-refractivity contribution >= 4 is 11.9 Å². The molecule has 0 rings (SSSR count). The number of ether oxygens (including phenoxy) is 2. The Kier molecular flexibility index (Phi) is 6.94. The Balaban J connectivity index is 4.29. The van der Waals surface area contributed by atoms with Crippen molar-refractivity contribution in [3.05, 3.63) is 24.3 Å². The molecule has 0 saturated heterocycles. The van der Waals surface area contributed by atoms with Gasteiger partial charge in [0.25, 0.3) is 0 Å². The zero-order valence-corrected chi connectivity index (χ0v) is 10.7. The number of esters is 2. The van der Waals surface area contributed by atoms with Crippen LogP contribution in [0.25, 0.3) is 0 Å². The first-order chi connectivity index (χ1) is 7.88. The fourth-order valence-electron chi connectivity index (χ4n) is 1.02. The van der Waals surface area contributed by atoms with Gasteiger partial charge in [0.15, 0.2) is 5.92 Å². The summed E-state index contributed by atoms with van der Waals surface area (Å²) in [7, 11) is 0. The van der Waals surface area contributed by atoms with E-state index in [0.29, 0.717) is 6.42 Å². The van der Waals surface area contributed by atoms with Gasteiger partial charge in [-0.2, -0.15) is 0 Å². The summed E-state index contributed by atoms with van der Waals surface area (Å²) in [6.07, 6.45) is 0.351. The van der Waals surface area contributed by atoms with Crippen LogP contribution in [-0.2, 0) is 19.1 Å². The average Bonchev–Trinajstić information content (AvgIpc) is 2.24. The highest BCUT2D eigenvalue weighted by Crippen LogP contribution is 2.09. The zero-order valence-electron chi connectivity index (χ0n) is 10.7. The second-order valence-electron chi connectivity index (χ2n) is 4.09. The normalized spacial score (nSPS) is 9.88. The van der Waals surface area contributed by atoms with Gasteiger partial charge in [0.05, 0.1) is 0 Å². The van der Waals surface area contributed by atoms with Gasteiger partial charge >= 0.3 is 11.9 Å². The number of carbonyl (C=O) groups excluding carboxylic acids is 2. The van der Waals surface area contributed by atoms with Crippen LogP contribution in [0.3, 0.4) is 0 Å². The van der Waals surface area contributed by atoms with Crippen LogP contribution < -0.4 is 0 Å². The lowest BCUT2D eigenvalue weighted by atomic mass is 10.1. The topological polar surface area (TPSA) is 52.6 Å². The minimum Gasteiger partial charge on any atom is -0.461 e. The lowest BCUT2D eigenvalue weighted by Gasteiger charge is -2.13. The molecule has 0 bridgehead atoms. The third kappa shape index (κ3) is 6.56. The van der Waals surface area contributed by atoms with E-state index in [-0.39, 0.29) is 13.2 Å². The molecule has 0 radical (unpaired) electrons. The number of carbonyl (C=O) groups is 2. The van der Waals surface area contributed by atoms with Crippen LogP contribution in [0.5, 0.6) is 0 Å². The fourth-order valence-corrected chi connectivity index (χ4v) is 1.02. The van der Waals surface area contributed by atoms with Crippen LogP contribution in [0.15, 0.2) is 24.3 Å². The van der Waals surface area contributed by atoms with Crippen LogP contribution in [0, 0.1) is 5.92 Å². The number of hydrogen-bond donors (Lipinski definition) is 0. The molecule has 0 amide bonds. The molecule has 0 aromatic carbocycles. The summed E-state index contributed by atoms with van der Waals surface area (Å²) in [5.41, 5.74) is 1.45. The highest BCUT2D eigenvalue weighted by Gasteiger charge is 2.27. The van der Waals surface area contributed by atoms with E-state index in [0.717, 1.165) is 11.1 Å². The lowest BCUT2D eigenvalue weighted by molar-refractivity contribution is -0.161. The highest BCUT2D eigenvalue weighted by atomic mass is 16.6. The van der Waals surface area contributed by atoms with E-state index < -0.39 is 17.9 Å². The van der Waals surface area contributed by atoms with Gasteiger partial charge in [-0.05, 0) is 31.4 Å². The van der Waals surface area contributed by atoms with Crippen molar-refractivity contribution in [2.45, 2.75) is 27.2 Å². The zero-order chi connectivity index (χ0) is 13.4. The van der Waals surface area contributed by atoms with E-state index in [1.807, 2.05) is 0 Å². The molecule has 0 aliphatic rings. The molecule has 0 saturated carbocycles. The van der Waals surface area contributed by atoms with Crippen molar-refractivity contribution in [1.29, 1.82) is 0 Å². The first-order valence-electron chi connectivity index (χ1n) is 5.50. The summed E-state index contributed by atoms with van der Waals surface area (Å²) in [4.78, 5) is 23.2. The van der Waals surface area contributed by atoms with E-state index in [1.54, 1.807) is 20.8 Å². The van der Waals surface area contributed by atoms with Crippen molar-refractivity contribution in [3.63, 3.8) is 0 Å². The molecule has 0 aromatic heterocycles. The third-order valence-corrected chi connectivity index (χ3v) is 1.90. The molecule has 0 fully saturated rings. The Morgan fingerprint density at radius 2 is 1.35 bits per heavy atom. The second-order valence-corrected chi connectivity index (χ2v) is 4.09. The maximum absolute atomic E-state index is 11.6. The molecule has 4 heteroatoms. The summed E-state index contributed by atoms with van der Waals surface area (Å²) in [5.74, 6) is -2.00. The summed E-state index contributed by atoms with van der Waals surface area (Å²) in [6, 6.07) is 0. The van der Waals surface area contributed by atoms with Gasteiger partial charge in [-0.25, -0.2) is 0 Å². The van der Waals surface area contributed by atoms with Crippen molar-refractivity contribution in [2.75, 3.05) is 13.2 Å². The van der Waals surface area contributed by atoms with Crippen molar-refractivity contribution in [1.82, 2.24) is 0 Å². The van der Waals surface area contributed by atoms with Gasteiger partial charge in [0, 0.05) is 0 Å². The molecule has 0 aromatic rings. The molecular formula is C13H20O4. The maximum Gasteiger partial charge on any atom is 0.320 e. The Hall–Kier alpha value is -1.58. The summed E-state index contributed by atoms with van der Waals surface area (Å²) >= 11 is 0. The minimum atomic E-state index is -0.867. The van der Waals surface area contributed by atoms with Gasteiger partial charge < -0.3 is 9.47 Å². The summed E-state index contributed by atoms with van der Waals surface area (Å²) in [5, 5.41) is 0. The van der Waals surface area contributed by atoms with Crippen molar-refractivity contribution in [3.8, 4) is 0 Å². The molecule has 0 aliphatic heterocycles. The van der Waals surface area contributed by atoms with Gasteiger partial charge in [0.2, 0.25) is 0 Å². The van der Waals surface area contributed by atoms with Crippen LogP contribution in [0.4, 0.5) is 0 Å². The average molecular weight is 240 g/mol. The SMILES string of the molecule is C=C(C)COC(=O)C(CC)C(=O)OCC(=C)C. The van der Waals surface area contributed by atoms with E-state index in [9.17, 15) is 9.59 Å². The van der Waals surface area contributed by atoms with E-state index in [1.165, 1.54) is 0 Å². The minimum absolute atomic E-state index is 0.128. The molecular weight excluding hydrogens is 220 g/mol. The number of rotatable bonds is 7. The van der Waals surface area contributed by atoms with Crippen molar-refractivity contribution < 1.29 is 19.1 Å². The van der Waals surface area contributed by atoms with Gasteiger partial charge in [-0.15, -0.1) is 0 Å². The smallest absolute Gasteiger partial charge is 0.320 e. The molecule has 0 atom stereocenters. The van der Waals surface area contributed by atoms with Crippen LogP contribution in [0.2, 0.25) is 0 Å². The predicted molar refractivity (Wildman–Crippen MR) is 65.3 cm³/mol. The molecule has 0 N–H and O–H groups in total. The molecule has 0 unspecified atom stereocenters. The highest BCUT2D eigenvalue weighted by molar-refractivity contribution is 5.94. The number of hydrogen-bond acceptors (Lipinski definition) is 4. The Bertz CT molecular complexity index is 287. The van der Waals surface area contributed by atoms with Crippen LogP contribution in [-0.4, -0.2) is 25.2 Å². The van der Waals surface area contributed by atoms with Crippen LogP contribution >= 0.6 is 0 Å². The Morgan fingerprint density at radius 3 is 1.59 bits per heavy atom. The largest absolute Gasteiger partial charge is 0.461 e. The predicted octanol–water partition coefficient (Wildman–Crippen LogP) is 2.25.